The Morgan fingerprint density at radius 1 is 1.40 bits per heavy atom. The van der Waals surface area contributed by atoms with Crippen molar-refractivity contribution < 1.29 is 13.2 Å². The molecular formula is C14H18N2O3S. The fourth-order valence-electron chi connectivity index (χ4n) is 1.61. The normalized spacial score (nSPS) is 12.9. The van der Waals surface area contributed by atoms with Crippen molar-refractivity contribution in [1.82, 2.24) is 9.78 Å². The molecule has 0 amide bonds. The van der Waals surface area contributed by atoms with E-state index in [0.717, 1.165) is 6.26 Å². The largest absolute Gasteiger partial charge is 0.294 e. The average Bonchev–Trinajstić information content (AvgIpc) is 2.71. The molecule has 0 atom stereocenters. The number of nitrogens with zero attached hydrogens (tertiary/aromatic N) is 2. The second kappa shape index (κ2) is 6.00. The second-order valence-corrected chi connectivity index (χ2v) is 6.47. The number of Topliss-reactive ketones (excluding diaryl/α,β-unsaturated/α-hetero) is 1. The van der Waals surface area contributed by atoms with Gasteiger partial charge >= 0.3 is 0 Å². The minimum absolute atomic E-state index is 0.0217. The molecule has 0 aliphatic rings. The molecule has 0 unspecified atom stereocenters. The van der Waals surface area contributed by atoms with Crippen LogP contribution < -0.4 is 0 Å². The predicted octanol–water partition coefficient (Wildman–Crippen LogP) is 2.37. The summed E-state index contributed by atoms with van der Waals surface area (Å²) in [4.78, 5) is 11.4. The molecule has 0 aromatic carbocycles. The fourth-order valence-corrected chi connectivity index (χ4v) is 1.92. The first kappa shape index (κ1) is 16.1. The lowest BCUT2D eigenvalue weighted by atomic mass is 10.2. The number of carbonyl (C=O) groups is 1. The van der Waals surface area contributed by atoms with Gasteiger partial charge in [0.2, 0.25) is 0 Å². The zero-order chi connectivity index (χ0) is 15.5. The maximum absolute atomic E-state index is 11.4. The van der Waals surface area contributed by atoms with E-state index >= 15 is 0 Å². The average molecular weight is 294 g/mol. The molecule has 0 aliphatic carbocycles. The molecule has 0 aliphatic heterocycles. The summed E-state index contributed by atoms with van der Waals surface area (Å²) in [6.07, 6.45) is 7.39. The standard InChI is InChI=1S/C14H18N2O3S/c1-6-13(8-7-10(2)20(5,18)19)16-11(3)14(9-15-16)12(4)17/h6-9H,2H2,1,3-5H3/b8-7-,13-6+. The second-order valence-electron chi connectivity index (χ2n) is 4.40. The van der Waals surface area contributed by atoms with Crippen LogP contribution >= 0.6 is 0 Å². The molecule has 1 heterocycles. The van der Waals surface area contributed by atoms with Crippen molar-refractivity contribution in [1.29, 1.82) is 0 Å². The van der Waals surface area contributed by atoms with Gasteiger partial charge in [0.25, 0.3) is 0 Å². The van der Waals surface area contributed by atoms with Crippen LogP contribution in [-0.4, -0.2) is 30.2 Å². The van der Waals surface area contributed by atoms with Crippen LogP contribution in [0.25, 0.3) is 5.70 Å². The molecule has 1 aromatic heterocycles. The maximum atomic E-state index is 11.4. The molecule has 1 rings (SSSR count). The molecule has 0 N–H and O–H groups in total. The summed E-state index contributed by atoms with van der Waals surface area (Å²) in [6.45, 7) is 8.56. The van der Waals surface area contributed by atoms with Crippen molar-refractivity contribution in [3.05, 3.63) is 47.2 Å². The Morgan fingerprint density at radius 2 is 2.00 bits per heavy atom. The minimum atomic E-state index is -3.30. The van der Waals surface area contributed by atoms with Crippen LogP contribution in [0.2, 0.25) is 0 Å². The highest BCUT2D eigenvalue weighted by Gasteiger charge is 2.12. The molecule has 0 bridgehead atoms. The highest BCUT2D eigenvalue weighted by atomic mass is 32.2. The van der Waals surface area contributed by atoms with E-state index in [1.165, 1.54) is 19.2 Å². The predicted molar refractivity (Wildman–Crippen MR) is 80.0 cm³/mol. The fraction of sp³-hybridized carbons (Fsp3) is 0.286. The van der Waals surface area contributed by atoms with Crippen LogP contribution in [0, 0.1) is 6.92 Å². The molecule has 0 spiro atoms. The summed E-state index contributed by atoms with van der Waals surface area (Å²) in [7, 11) is -3.30. The quantitative estimate of drug-likeness (QED) is 0.617. The number of hydrogen-bond acceptors (Lipinski definition) is 4. The van der Waals surface area contributed by atoms with Gasteiger partial charge in [0, 0.05) is 6.26 Å². The SMILES string of the molecule is C=C(/C=C\C(=C/C)n1ncc(C(C)=O)c1C)S(C)(=O)=O. The number of rotatable bonds is 5. The van der Waals surface area contributed by atoms with Crippen LogP contribution in [0.15, 0.2) is 35.9 Å². The van der Waals surface area contributed by atoms with Gasteiger partial charge in [-0.05, 0) is 32.9 Å². The van der Waals surface area contributed by atoms with Gasteiger partial charge in [-0.1, -0.05) is 12.7 Å². The zero-order valence-corrected chi connectivity index (χ0v) is 12.9. The number of aromatic nitrogens is 2. The van der Waals surface area contributed by atoms with E-state index in [9.17, 15) is 13.2 Å². The first-order valence-electron chi connectivity index (χ1n) is 5.97. The van der Waals surface area contributed by atoms with Crippen molar-refractivity contribution in [2.45, 2.75) is 20.8 Å². The van der Waals surface area contributed by atoms with Gasteiger partial charge in [0.15, 0.2) is 15.6 Å². The monoisotopic (exact) mass is 294 g/mol. The smallest absolute Gasteiger partial charge is 0.174 e. The molecular weight excluding hydrogens is 276 g/mol. The Bertz CT molecular complexity index is 707. The van der Waals surface area contributed by atoms with Crippen molar-refractivity contribution in [2.24, 2.45) is 0 Å². The van der Waals surface area contributed by atoms with Crippen LogP contribution in [0.4, 0.5) is 0 Å². The Kier molecular flexibility index (Phi) is 4.83. The molecule has 5 nitrogen and oxygen atoms in total. The molecule has 108 valence electrons. The third kappa shape index (κ3) is 3.54. The van der Waals surface area contributed by atoms with Crippen molar-refractivity contribution >= 4 is 21.3 Å². The third-order valence-electron chi connectivity index (χ3n) is 2.85. The molecule has 20 heavy (non-hydrogen) atoms. The van der Waals surface area contributed by atoms with Crippen molar-refractivity contribution in [2.75, 3.05) is 6.26 Å². The summed E-state index contributed by atoms with van der Waals surface area (Å²) in [5.74, 6) is -0.0614. The number of carbonyl (C=O) groups excluding carboxylic acids is 1. The Morgan fingerprint density at radius 3 is 2.40 bits per heavy atom. The summed E-state index contributed by atoms with van der Waals surface area (Å²) in [6, 6.07) is 0. The highest BCUT2D eigenvalue weighted by molar-refractivity contribution is 7.94. The van der Waals surface area contributed by atoms with E-state index in [4.69, 9.17) is 0 Å². The molecule has 0 radical (unpaired) electrons. The minimum Gasteiger partial charge on any atom is -0.294 e. The molecule has 0 saturated carbocycles. The topological polar surface area (TPSA) is 69.0 Å². The van der Waals surface area contributed by atoms with E-state index in [2.05, 4.69) is 11.7 Å². The van der Waals surface area contributed by atoms with E-state index in [0.29, 0.717) is 17.0 Å². The summed E-state index contributed by atoms with van der Waals surface area (Å²) in [5.41, 5.74) is 1.92. The lowest BCUT2D eigenvalue weighted by molar-refractivity contribution is 0.101. The van der Waals surface area contributed by atoms with Crippen LogP contribution in [0.5, 0.6) is 0 Å². The Hall–Kier alpha value is -1.95. The first-order valence-corrected chi connectivity index (χ1v) is 7.87. The van der Waals surface area contributed by atoms with Gasteiger partial charge in [-0.25, -0.2) is 13.1 Å². The molecule has 0 fully saturated rings. The molecule has 1 aromatic rings. The van der Waals surface area contributed by atoms with E-state index < -0.39 is 9.84 Å². The van der Waals surface area contributed by atoms with Crippen LogP contribution in [-0.2, 0) is 9.84 Å². The van der Waals surface area contributed by atoms with E-state index in [1.807, 2.05) is 0 Å². The zero-order valence-electron chi connectivity index (χ0n) is 12.0. The molecule has 0 saturated heterocycles. The van der Waals surface area contributed by atoms with Gasteiger partial charge < -0.3 is 0 Å². The highest BCUT2D eigenvalue weighted by Crippen LogP contribution is 2.15. The third-order valence-corrected chi connectivity index (χ3v) is 3.93. The van der Waals surface area contributed by atoms with Gasteiger partial charge in [-0.2, -0.15) is 5.10 Å². The summed E-state index contributed by atoms with van der Waals surface area (Å²) < 4.78 is 24.2. The maximum Gasteiger partial charge on any atom is 0.174 e. The summed E-state index contributed by atoms with van der Waals surface area (Å²) >= 11 is 0. The van der Waals surface area contributed by atoms with E-state index in [-0.39, 0.29) is 10.7 Å². The number of sulfone groups is 1. The van der Waals surface area contributed by atoms with Crippen LogP contribution in [0.3, 0.4) is 0 Å². The number of allylic oxidation sites excluding steroid dienone is 4. The number of ketones is 1. The molecule has 6 heteroatoms. The van der Waals surface area contributed by atoms with Crippen LogP contribution in [0.1, 0.15) is 29.9 Å². The lowest BCUT2D eigenvalue weighted by Gasteiger charge is -2.05. The van der Waals surface area contributed by atoms with Crippen molar-refractivity contribution in [3.63, 3.8) is 0 Å². The van der Waals surface area contributed by atoms with Gasteiger partial charge in [0.1, 0.15) is 0 Å². The summed E-state index contributed by atoms with van der Waals surface area (Å²) in [5, 5.41) is 4.15. The lowest BCUT2D eigenvalue weighted by Crippen LogP contribution is -2.02. The van der Waals surface area contributed by atoms with Gasteiger partial charge in [-0.3, -0.25) is 4.79 Å². The van der Waals surface area contributed by atoms with Gasteiger partial charge in [-0.15, -0.1) is 0 Å². The Labute approximate surface area is 119 Å². The first-order chi connectivity index (χ1) is 9.18. The van der Waals surface area contributed by atoms with Gasteiger partial charge in [0.05, 0.1) is 28.1 Å². The van der Waals surface area contributed by atoms with Crippen molar-refractivity contribution in [3.8, 4) is 0 Å². The Balaban J connectivity index is 3.15. The van der Waals surface area contributed by atoms with E-state index in [1.54, 1.807) is 30.7 Å². The number of hydrogen-bond donors (Lipinski definition) is 0.